The van der Waals surface area contributed by atoms with Crippen molar-refractivity contribution in [2.45, 2.75) is 45.6 Å². The van der Waals surface area contributed by atoms with Crippen molar-refractivity contribution < 1.29 is 14.3 Å². The first-order valence-electron chi connectivity index (χ1n) is 10.6. The highest BCUT2D eigenvalue weighted by Gasteiger charge is 2.29. The average molecular weight is 409 g/mol. The third-order valence-corrected chi connectivity index (χ3v) is 5.57. The van der Waals surface area contributed by atoms with Crippen molar-refractivity contribution in [1.29, 1.82) is 0 Å². The zero-order valence-corrected chi connectivity index (χ0v) is 17.3. The van der Waals surface area contributed by atoms with E-state index in [9.17, 15) is 9.59 Å². The number of amides is 1. The molecule has 0 atom stereocenters. The number of carbonyl (C=O) groups is 2. The minimum absolute atomic E-state index is 0.208. The summed E-state index contributed by atoms with van der Waals surface area (Å²) in [4.78, 5) is 42.3. The van der Waals surface area contributed by atoms with Crippen LogP contribution in [0, 0.1) is 0 Å². The van der Waals surface area contributed by atoms with E-state index in [1.165, 1.54) is 6.42 Å². The quantitative estimate of drug-likeness (QED) is 0.553. The fourth-order valence-corrected chi connectivity index (χ4v) is 4.05. The smallest absolute Gasteiger partial charge is 0.315 e. The molecule has 0 aliphatic carbocycles. The first-order valence-corrected chi connectivity index (χ1v) is 10.6. The number of esters is 1. The van der Waals surface area contributed by atoms with Gasteiger partial charge in [0.25, 0.3) is 0 Å². The van der Waals surface area contributed by atoms with Crippen LogP contribution in [0.1, 0.15) is 43.9 Å². The Morgan fingerprint density at radius 2 is 1.97 bits per heavy atom. The number of anilines is 1. The van der Waals surface area contributed by atoms with Gasteiger partial charge in [-0.15, -0.1) is 0 Å². The molecule has 2 aliphatic rings. The standard InChI is InChI=1S/C22H27N5O3/c1-2-30-20(29)13-19(28)27-12-8-18-17(15-27)22(26-10-4-3-5-11-26)25-21(24-18)16-7-6-9-23-14-16/h6-7,9,14H,2-5,8,10-13,15H2,1H3. The highest BCUT2D eigenvalue weighted by molar-refractivity contribution is 5.94. The maximum absolute atomic E-state index is 12.6. The Morgan fingerprint density at radius 3 is 2.70 bits per heavy atom. The maximum Gasteiger partial charge on any atom is 0.315 e. The molecule has 8 heteroatoms. The summed E-state index contributed by atoms with van der Waals surface area (Å²) in [6.45, 7) is 4.88. The van der Waals surface area contributed by atoms with Crippen LogP contribution in [0.25, 0.3) is 11.4 Å². The minimum Gasteiger partial charge on any atom is -0.466 e. The molecule has 0 aromatic carbocycles. The summed E-state index contributed by atoms with van der Waals surface area (Å²) in [6.07, 6.45) is 7.42. The van der Waals surface area contributed by atoms with Crippen molar-refractivity contribution in [3.63, 3.8) is 0 Å². The lowest BCUT2D eigenvalue weighted by Gasteiger charge is -2.34. The molecule has 0 radical (unpaired) electrons. The van der Waals surface area contributed by atoms with Gasteiger partial charge in [-0.25, -0.2) is 9.97 Å². The third-order valence-electron chi connectivity index (χ3n) is 5.57. The van der Waals surface area contributed by atoms with Crippen LogP contribution in [-0.4, -0.2) is 58.0 Å². The summed E-state index contributed by atoms with van der Waals surface area (Å²) in [7, 11) is 0. The largest absolute Gasteiger partial charge is 0.466 e. The van der Waals surface area contributed by atoms with E-state index in [4.69, 9.17) is 14.7 Å². The molecule has 1 amide bonds. The topological polar surface area (TPSA) is 88.5 Å². The van der Waals surface area contributed by atoms with E-state index in [-0.39, 0.29) is 18.9 Å². The second-order valence-electron chi connectivity index (χ2n) is 7.63. The predicted octanol–water partition coefficient (Wildman–Crippen LogP) is 2.37. The molecule has 1 fully saturated rings. The van der Waals surface area contributed by atoms with Gasteiger partial charge in [0.05, 0.1) is 18.8 Å². The normalized spacial score (nSPS) is 16.2. The summed E-state index contributed by atoms with van der Waals surface area (Å²) >= 11 is 0. The third kappa shape index (κ3) is 4.42. The van der Waals surface area contributed by atoms with Gasteiger partial charge in [-0.1, -0.05) is 0 Å². The number of piperidine rings is 1. The summed E-state index contributed by atoms with van der Waals surface area (Å²) in [5, 5.41) is 0. The molecule has 0 spiro atoms. The molecule has 2 aliphatic heterocycles. The molecule has 30 heavy (non-hydrogen) atoms. The molecule has 2 aromatic heterocycles. The van der Waals surface area contributed by atoms with E-state index in [1.807, 2.05) is 12.1 Å². The first kappa shape index (κ1) is 20.3. The maximum atomic E-state index is 12.6. The van der Waals surface area contributed by atoms with E-state index in [0.717, 1.165) is 48.6 Å². The van der Waals surface area contributed by atoms with Gasteiger partial charge in [0.2, 0.25) is 5.91 Å². The number of aromatic nitrogens is 3. The Labute approximate surface area is 176 Å². The van der Waals surface area contributed by atoms with Crippen molar-refractivity contribution in [2.75, 3.05) is 31.1 Å². The van der Waals surface area contributed by atoms with Gasteiger partial charge in [0.1, 0.15) is 12.2 Å². The molecule has 0 bridgehead atoms. The van der Waals surface area contributed by atoms with Gasteiger partial charge in [0.15, 0.2) is 5.82 Å². The van der Waals surface area contributed by atoms with Gasteiger partial charge in [-0.2, -0.15) is 0 Å². The lowest BCUT2D eigenvalue weighted by Crippen LogP contribution is -2.40. The van der Waals surface area contributed by atoms with E-state index >= 15 is 0 Å². The van der Waals surface area contributed by atoms with Crippen molar-refractivity contribution in [2.24, 2.45) is 0 Å². The molecule has 0 saturated carbocycles. The summed E-state index contributed by atoms with van der Waals surface area (Å²) in [5.74, 6) is 0.897. The molecule has 4 heterocycles. The van der Waals surface area contributed by atoms with Crippen molar-refractivity contribution in [3.8, 4) is 11.4 Å². The van der Waals surface area contributed by atoms with Gasteiger partial charge in [-0.05, 0) is 38.3 Å². The Bertz CT molecular complexity index is 912. The molecule has 8 nitrogen and oxygen atoms in total. The molecule has 4 rings (SSSR count). The fourth-order valence-electron chi connectivity index (χ4n) is 4.05. The molecule has 1 saturated heterocycles. The summed E-state index contributed by atoms with van der Waals surface area (Å²) in [6, 6.07) is 3.85. The van der Waals surface area contributed by atoms with Gasteiger partial charge >= 0.3 is 5.97 Å². The first-order chi connectivity index (χ1) is 14.7. The minimum atomic E-state index is -0.479. The fraction of sp³-hybridized carbons (Fsp3) is 0.500. The summed E-state index contributed by atoms with van der Waals surface area (Å²) < 4.78 is 4.93. The van der Waals surface area contributed by atoms with Gasteiger partial charge in [0, 0.05) is 49.6 Å². The Kier molecular flexibility index (Phi) is 6.21. The second kappa shape index (κ2) is 9.19. The number of hydrogen-bond donors (Lipinski definition) is 0. The molecular formula is C22H27N5O3. The second-order valence-corrected chi connectivity index (χ2v) is 7.63. The SMILES string of the molecule is CCOC(=O)CC(=O)N1CCc2nc(-c3cccnc3)nc(N3CCCCC3)c2C1. The van der Waals surface area contributed by atoms with Crippen LogP contribution >= 0.6 is 0 Å². The van der Waals surface area contributed by atoms with Crippen LogP contribution in [-0.2, 0) is 27.3 Å². The molecule has 0 unspecified atom stereocenters. The highest BCUT2D eigenvalue weighted by atomic mass is 16.5. The molecule has 158 valence electrons. The Balaban J connectivity index is 1.64. The van der Waals surface area contributed by atoms with Crippen LogP contribution in [0.15, 0.2) is 24.5 Å². The van der Waals surface area contributed by atoms with Gasteiger partial charge < -0.3 is 14.5 Å². The van der Waals surface area contributed by atoms with E-state index in [2.05, 4.69) is 9.88 Å². The van der Waals surface area contributed by atoms with Gasteiger partial charge in [-0.3, -0.25) is 14.6 Å². The van der Waals surface area contributed by atoms with Crippen LogP contribution < -0.4 is 4.90 Å². The number of rotatable bonds is 5. The zero-order chi connectivity index (χ0) is 20.9. The number of pyridine rings is 1. The van der Waals surface area contributed by atoms with E-state index < -0.39 is 5.97 Å². The Hall–Kier alpha value is -3.03. The van der Waals surface area contributed by atoms with Crippen molar-refractivity contribution in [3.05, 3.63) is 35.8 Å². The zero-order valence-electron chi connectivity index (χ0n) is 17.3. The van der Waals surface area contributed by atoms with Crippen LogP contribution in [0.4, 0.5) is 5.82 Å². The van der Waals surface area contributed by atoms with E-state index in [1.54, 1.807) is 24.2 Å². The highest BCUT2D eigenvalue weighted by Crippen LogP contribution is 2.31. The Morgan fingerprint density at radius 1 is 1.13 bits per heavy atom. The van der Waals surface area contributed by atoms with E-state index in [0.29, 0.717) is 25.3 Å². The van der Waals surface area contributed by atoms with Crippen LogP contribution in [0.3, 0.4) is 0 Å². The van der Waals surface area contributed by atoms with Crippen molar-refractivity contribution in [1.82, 2.24) is 19.9 Å². The average Bonchev–Trinajstić information content (AvgIpc) is 2.79. The monoisotopic (exact) mass is 409 g/mol. The van der Waals surface area contributed by atoms with Crippen molar-refractivity contribution >= 4 is 17.7 Å². The number of ether oxygens (including phenoxy) is 1. The van der Waals surface area contributed by atoms with Crippen LogP contribution in [0.5, 0.6) is 0 Å². The lowest BCUT2D eigenvalue weighted by molar-refractivity contribution is -0.148. The number of carbonyl (C=O) groups excluding carboxylic acids is 2. The number of nitrogens with zero attached hydrogens (tertiary/aromatic N) is 5. The molecule has 2 aromatic rings. The van der Waals surface area contributed by atoms with Crippen LogP contribution in [0.2, 0.25) is 0 Å². The predicted molar refractivity (Wildman–Crippen MR) is 112 cm³/mol. The molecular weight excluding hydrogens is 382 g/mol. The number of hydrogen-bond acceptors (Lipinski definition) is 7. The summed E-state index contributed by atoms with van der Waals surface area (Å²) in [5.41, 5.74) is 2.86. The number of fused-ring (bicyclic) bond motifs is 1. The lowest BCUT2D eigenvalue weighted by atomic mass is 10.0. The molecule has 0 N–H and O–H groups in total.